The average molecular weight is 911 g/mol. The predicted octanol–water partition coefficient (Wildman–Crippen LogP) is 14.2. The molecule has 0 saturated carbocycles. The van der Waals surface area contributed by atoms with E-state index < -0.39 is 0 Å². The second-order valence-electron chi connectivity index (χ2n) is 12.7. The lowest BCUT2D eigenvalue weighted by Crippen LogP contribution is -2.06. The van der Waals surface area contributed by atoms with Gasteiger partial charge in [-0.3, -0.25) is 0 Å². The van der Waals surface area contributed by atoms with Crippen molar-refractivity contribution in [3.8, 4) is 44.5 Å². The Labute approximate surface area is 326 Å². The van der Waals surface area contributed by atoms with E-state index in [0.717, 1.165) is 84.3 Å². The van der Waals surface area contributed by atoms with E-state index in [2.05, 4.69) is 45.2 Å². The van der Waals surface area contributed by atoms with Gasteiger partial charge in [-0.15, -0.1) is 0 Å². The quantitative estimate of drug-likeness (QED) is 0.110. The number of rotatable bonds is 7. The van der Waals surface area contributed by atoms with Gasteiger partial charge >= 0.3 is 0 Å². The Hall–Kier alpha value is -4.54. The third-order valence-electron chi connectivity index (χ3n) is 9.63. The fraction of sp³-hybridized carbons (Fsp3) is 0.0435. The Balaban J connectivity index is 1.42. The molecular weight excluding hydrogens is 882 g/mol. The lowest BCUT2D eigenvalue weighted by atomic mass is 9.83. The van der Waals surface area contributed by atoms with Crippen LogP contribution in [0.3, 0.4) is 0 Å². The zero-order chi connectivity index (χ0) is 35.9. The molecule has 254 valence electrons. The summed E-state index contributed by atoms with van der Waals surface area (Å²) in [4.78, 5) is 0. The smallest absolute Gasteiger partial charge is 0.123 e. The zero-order valence-electron chi connectivity index (χ0n) is 27.5. The maximum absolute atomic E-state index is 15.2. The van der Waals surface area contributed by atoms with Crippen molar-refractivity contribution in [2.75, 3.05) is 0 Å². The fourth-order valence-electron chi connectivity index (χ4n) is 7.35. The van der Waals surface area contributed by atoms with Crippen LogP contribution in [0.5, 0.6) is 0 Å². The first-order chi connectivity index (χ1) is 25.3. The lowest BCUT2D eigenvalue weighted by molar-refractivity contribution is 0.627. The van der Waals surface area contributed by atoms with Gasteiger partial charge in [-0.25, -0.2) is 17.6 Å². The molecule has 0 heterocycles. The molecular formula is C46H28F4I2. The minimum atomic E-state index is -0.344. The highest BCUT2D eigenvalue weighted by Crippen LogP contribution is 2.46. The maximum Gasteiger partial charge on any atom is 0.123 e. The van der Waals surface area contributed by atoms with Crippen LogP contribution >= 0.6 is 45.2 Å². The number of benzene rings is 8. The molecule has 0 aromatic heterocycles. The molecule has 0 aliphatic carbocycles. The Morgan fingerprint density at radius 2 is 0.654 bits per heavy atom. The zero-order valence-corrected chi connectivity index (χ0v) is 31.9. The largest absolute Gasteiger partial charge is 0.207 e. The summed E-state index contributed by atoms with van der Waals surface area (Å²) >= 11 is 4.79. The van der Waals surface area contributed by atoms with Crippen LogP contribution in [-0.4, -0.2) is 0 Å². The van der Waals surface area contributed by atoms with E-state index in [1.165, 1.54) is 36.4 Å². The van der Waals surface area contributed by atoms with Crippen LogP contribution in [-0.2, 0) is 12.8 Å². The monoisotopic (exact) mass is 910 g/mol. The summed E-state index contributed by atoms with van der Waals surface area (Å²) in [7, 11) is 0. The molecule has 0 N–H and O–H groups in total. The van der Waals surface area contributed by atoms with Crippen molar-refractivity contribution in [1.29, 1.82) is 0 Å². The third kappa shape index (κ3) is 6.40. The van der Waals surface area contributed by atoms with Crippen LogP contribution in [0, 0.1) is 30.4 Å². The molecule has 6 heteroatoms. The third-order valence-corrected chi connectivity index (χ3v) is 12.0. The molecule has 0 unspecified atom stereocenters. The molecule has 0 fully saturated rings. The highest BCUT2D eigenvalue weighted by Gasteiger charge is 2.24. The second kappa shape index (κ2) is 14.5. The molecule has 0 aliphatic heterocycles. The molecule has 52 heavy (non-hydrogen) atoms. The van der Waals surface area contributed by atoms with Crippen molar-refractivity contribution in [2.24, 2.45) is 0 Å². The molecule has 0 nitrogen and oxygen atoms in total. The average Bonchev–Trinajstić information content (AvgIpc) is 3.16. The van der Waals surface area contributed by atoms with Crippen LogP contribution in [0.25, 0.3) is 66.1 Å². The predicted molar refractivity (Wildman–Crippen MR) is 222 cm³/mol. The molecule has 8 aromatic carbocycles. The Kier molecular flexibility index (Phi) is 9.61. The van der Waals surface area contributed by atoms with Crippen molar-refractivity contribution in [3.63, 3.8) is 0 Å². The van der Waals surface area contributed by atoms with Gasteiger partial charge in [0.2, 0.25) is 0 Å². The minimum Gasteiger partial charge on any atom is -0.207 e. The first kappa shape index (κ1) is 34.5. The van der Waals surface area contributed by atoms with E-state index in [4.69, 9.17) is 0 Å². The van der Waals surface area contributed by atoms with Crippen molar-refractivity contribution < 1.29 is 17.6 Å². The highest BCUT2D eigenvalue weighted by atomic mass is 127. The summed E-state index contributed by atoms with van der Waals surface area (Å²) in [5, 5.41) is 3.29. The first-order valence-electron chi connectivity index (χ1n) is 16.8. The van der Waals surface area contributed by atoms with Crippen molar-refractivity contribution in [2.45, 2.75) is 12.8 Å². The van der Waals surface area contributed by atoms with E-state index in [0.29, 0.717) is 12.8 Å². The summed E-state index contributed by atoms with van der Waals surface area (Å²) in [6.45, 7) is 0. The van der Waals surface area contributed by atoms with E-state index in [1.54, 1.807) is 36.4 Å². The molecule has 0 aliphatic rings. The summed E-state index contributed by atoms with van der Waals surface area (Å²) in [5.41, 5.74) is 9.35. The van der Waals surface area contributed by atoms with E-state index in [9.17, 15) is 8.78 Å². The van der Waals surface area contributed by atoms with Gasteiger partial charge in [0.05, 0.1) is 0 Å². The molecule has 0 bridgehead atoms. The van der Waals surface area contributed by atoms with Crippen molar-refractivity contribution in [3.05, 3.63) is 187 Å². The molecule has 8 aromatic rings. The minimum absolute atomic E-state index is 0.331. The molecule has 0 saturated heterocycles. The number of hydrogen-bond acceptors (Lipinski definition) is 0. The molecule has 0 atom stereocenters. The van der Waals surface area contributed by atoms with Gasteiger partial charge in [-0.2, -0.15) is 0 Å². The van der Waals surface area contributed by atoms with Gasteiger partial charge in [0.15, 0.2) is 0 Å². The Morgan fingerprint density at radius 1 is 0.327 bits per heavy atom. The number of hydrogen-bond donors (Lipinski definition) is 0. The maximum atomic E-state index is 15.2. The van der Waals surface area contributed by atoms with Gasteiger partial charge in [-0.1, -0.05) is 97.1 Å². The number of halogens is 6. The summed E-state index contributed by atoms with van der Waals surface area (Å²) < 4.78 is 60.7. The van der Waals surface area contributed by atoms with Crippen LogP contribution in [0.15, 0.2) is 146 Å². The van der Waals surface area contributed by atoms with Crippen LogP contribution in [0.2, 0.25) is 0 Å². The highest BCUT2D eigenvalue weighted by molar-refractivity contribution is 14.1. The Bertz CT molecular complexity index is 2420. The van der Waals surface area contributed by atoms with Gasteiger partial charge in [-0.05, 0) is 173 Å². The molecule has 0 radical (unpaired) electrons. The topological polar surface area (TPSA) is 0 Å². The van der Waals surface area contributed by atoms with E-state index >= 15 is 8.78 Å². The summed E-state index contributed by atoms with van der Waals surface area (Å²) in [5.74, 6) is -1.35. The van der Waals surface area contributed by atoms with Crippen LogP contribution < -0.4 is 0 Å². The van der Waals surface area contributed by atoms with E-state index in [-0.39, 0.29) is 23.3 Å². The molecule has 8 rings (SSSR count). The van der Waals surface area contributed by atoms with Crippen LogP contribution in [0.4, 0.5) is 17.6 Å². The van der Waals surface area contributed by atoms with Gasteiger partial charge in [0.25, 0.3) is 0 Å². The van der Waals surface area contributed by atoms with Crippen LogP contribution in [0.1, 0.15) is 11.1 Å². The van der Waals surface area contributed by atoms with E-state index in [1.807, 2.05) is 72.8 Å². The second-order valence-corrected chi connectivity index (χ2v) is 14.9. The van der Waals surface area contributed by atoms with Gasteiger partial charge < -0.3 is 0 Å². The normalized spacial score (nSPS) is 11.4. The fourth-order valence-corrected chi connectivity index (χ4v) is 9.63. The SMILES string of the molecule is Fc1ccc(-c2c(I)c(CCc3c(I)c(-c4ccc(F)cc4)c4ccc(F)cc4c3-c3ccccc3)c(-c3ccccc3)c3cc(F)ccc23)cc1. The lowest BCUT2D eigenvalue weighted by Gasteiger charge is -2.23. The summed E-state index contributed by atoms with van der Waals surface area (Å²) in [6, 6.07) is 42.6. The molecule has 0 amide bonds. The Morgan fingerprint density at radius 3 is 1.02 bits per heavy atom. The molecule has 0 spiro atoms. The number of fused-ring (bicyclic) bond motifs is 2. The van der Waals surface area contributed by atoms with Crippen molar-refractivity contribution >= 4 is 66.7 Å². The first-order valence-corrected chi connectivity index (χ1v) is 18.9. The van der Waals surface area contributed by atoms with Crippen molar-refractivity contribution in [1.82, 2.24) is 0 Å². The standard InChI is InChI=1S/C46H28F4I2/c47-31-15-11-29(12-16-31)43-35-21-19-33(49)25-39(35)41(27-7-3-1-4-8-27)37(45(43)51)23-24-38-42(28-9-5-2-6-10-28)40-26-34(50)20-22-36(40)44(46(38)52)30-13-17-32(48)18-14-30/h1-22,25-26H,23-24H2. The van der Waals surface area contributed by atoms with Gasteiger partial charge in [0.1, 0.15) is 23.3 Å². The summed E-state index contributed by atoms with van der Waals surface area (Å²) in [6.07, 6.45) is 1.12. The van der Waals surface area contributed by atoms with Gasteiger partial charge in [0, 0.05) is 18.3 Å².